The first-order chi connectivity index (χ1) is 8.26. The topological polar surface area (TPSA) is 0 Å². The van der Waals surface area contributed by atoms with Crippen molar-refractivity contribution in [3.05, 3.63) is 73.9 Å². The maximum atomic E-state index is 3.87. The van der Waals surface area contributed by atoms with Crippen molar-refractivity contribution in [1.82, 2.24) is 0 Å². The molecule has 0 bridgehead atoms. The zero-order valence-corrected chi connectivity index (χ0v) is 11.6. The van der Waals surface area contributed by atoms with Crippen LogP contribution in [0.4, 0.5) is 0 Å². The molecule has 0 atom stereocenters. The van der Waals surface area contributed by atoms with Crippen molar-refractivity contribution in [3.63, 3.8) is 0 Å². The lowest BCUT2D eigenvalue weighted by Crippen LogP contribution is -3.00. The van der Waals surface area contributed by atoms with E-state index in [1.807, 2.05) is 24.3 Å². The molecule has 0 aliphatic rings. The fourth-order valence-corrected chi connectivity index (χ4v) is 2.21. The van der Waals surface area contributed by atoms with Gasteiger partial charge in [-0.2, -0.15) is 0 Å². The fourth-order valence-electron chi connectivity index (χ4n) is 2.21. The highest BCUT2D eigenvalue weighted by molar-refractivity contribution is 5.13. The van der Waals surface area contributed by atoms with Crippen LogP contribution in [-0.4, -0.2) is 24.1 Å². The van der Waals surface area contributed by atoms with Crippen LogP contribution in [0.2, 0.25) is 0 Å². The van der Waals surface area contributed by atoms with E-state index in [1.54, 1.807) is 0 Å². The Bertz CT molecular complexity index is 343. The molecule has 0 aromatic heterocycles. The maximum Gasteiger partial charge on any atom is 0.105 e. The minimum atomic E-state index is 0. The molecular formula is C16H22ClN. The molecule has 1 aromatic rings. The smallest absolute Gasteiger partial charge is 0.105 e. The van der Waals surface area contributed by atoms with E-state index in [0.717, 1.165) is 30.7 Å². The molecule has 2 heteroatoms. The second kappa shape index (κ2) is 8.73. The van der Waals surface area contributed by atoms with E-state index in [0.29, 0.717) is 0 Å². The summed E-state index contributed by atoms with van der Waals surface area (Å²) in [5.74, 6) is 0. The van der Waals surface area contributed by atoms with Crippen molar-refractivity contribution in [3.8, 4) is 0 Å². The monoisotopic (exact) mass is 263 g/mol. The molecule has 0 heterocycles. The summed E-state index contributed by atoms with van der Waals surface area (Å²) < 4.78 is 0.917. The Labute approximate surface area is 117 Å². The average Bonchev–Trinajstić information content (AvgIpc) is 2.31. The second-order valence-corrected chi connectivity index (χ2v) is 4.40. The Morgan fingerprint density at radius 1 is 0.833 bits per heavy atom. The summed E-state index contributed by atoms with van der Waals surface area (Å²) in [4.78, 5) is 0. The highest BCUT2D eigenvalue weighted by Crippen LogP contribution is 2.15. The Balaban J connectivity index is 0.00000289. The molecule has 1 rings (SSSR count). The Hall–Kier alpha value is -1.31. The summed E-state index contributed by atoms with van der Waals surface area (Å²) in [5, 5.41) is 0. The van der Waals surface area contributed by atoms with Gasteiger partial charge in [-0.05, 0) is 18.2 Å². The van der Waals surface area contributed by atoms with E-state index in [4.69, 9.17) is 0 Å². The van der Waals surface area contributed by atoms with Crippen molar-refractivity contribution in [2.24, 2.45) is 0 Å². The molecule has 18 heavy (non-hydrogen) atoms. The number of halogens is 1. The summed E-state index contributed by atoms with van der Waals surface area (Å²) >= 11 is 0. The van der Waals surface area contributed by atoms with Gasteiger partial charge in [0.25, 0.3) is 0 Å². The first-order valence-corrected chi connectivity index (χ1v) is 5.98. The summed E-state index contributed by atoms with van der Waals surface area (Å²) in [6, 6.07) is 10.6. The zero-order chi connectivity index (χ0) is 12.6. The molecule has 0 aliphatic carbocycles. The van der Waals surface area contributed by atoms with Crippen LogP contribution in [0, 0.1) is 0 Å². The van der Waals surface area contributed by atoms with E-state index in [1.165, 1.54) is 5.56 Å². The minimum Gasteiger partial charge on any atom is -1.00 e. The van der Waals surface area contributed by atoms with Crippen molar-refractivity contribution in [2.75, 3.05) is 19.6 Å². The average molecular weight is 264 g/mol. The van der Waals surface area contributed by atoms with Crippen molar-refractivity contribution >= 4 is 0 Å². The second-order valence-electron chi connectivity index (χ2n) is 4.40. The summed E-state index contributed by atoms with van der Waals surface area (Å²) in [5.41, 5.74) is 1.35. The van der Waals surface area contributed by atoms with E-state index >= 15 is 0 Å². The lowest BCUT2D eigenvalue weighted by atomic mass is 10.1. The Morgan fingerprint density at radius 3 is 1.67 bits per heavy atom. The van der Waals surface area contributed by atoms with Gasteiger partial charge in [0, 0.05) is 5.56 Å². The molecule has 0 radical (unpaired) electrons. The normalized spacial score (nSPS) is 10.2. The molecule has 0 saturated carbocycles. The van der Waals surface area contributed by atoms with Crippen LogP contribution in [-0.2, 0) is 6.54 Å². The molecule has 1 aromatic carbocycles. The van der Waals surface area contributed by atoms with Gasteiger partial charge in [0.05, 0.1) is 19.6 Å². The molecule has 0 N–H and O–H groups in total. The van der Waals surface area contributed by atoms with E-state index in [9.17, 15) is 0 Å². The van der Waals surface area contributed by atoms with Gasteiger partial charge < -0.3 is 16.9 Å². The number of benzene rings is 1. The highest BCUT2D eigenvalue weighted by Gasteiger charge is 2.23. The van der Waals surface area contributed by atoms with Gasteiger partial charge in [0.15, 0.2) is 0 Å². The van der Waals surface area contributed by atoms with Gasteiger partial charge in [-0.15, -0.1) is 0 Å². The lowest BCUT2D eigenvalue weighted by Gasteiger charge is -2.36. The summed E-state index contributed by atoms with van der Waals surface area (Å²) in [6.07, 6.45) is 5.95. The molecular weight excluding hydrogens is 242 g/mol. The third-order valence-corrected chi connectivity index (χ3v) is 2.91. The standard InChI is InChI=1S/C16H22N.ClH/c1-4-12-17(13-5-2,14-6-3)15-16-10-8-7-9-11-16;/h4-11H,1-3,12-15H2;1H/q+1;/p-1. The van der Waals surface area contributed by atoms with Crippen LogP contribution in [0.1, 0.15) is 5.56 Å². The summed E-state index contributed by atoms with van der Waals surface area (Å²) in [7, 11) is 0. The lowest BCUT2D eigenvalue weighted by molar-refractivity contribution is -0.924. The van der Waals surface area contributed by atoms with Gasteiger partial charge in [0.2, 0.25) is 0 Å². The van der Waals surface area contributed by atoms with E-state index < -0.39 is 0 Å². The number of quaternary nitrogens is 1. The molecule has 0 spiro atoms. The highest BCUT2D eigenvalue weighted by atomic mass is 35.5. The van der Waals surface area contributed by atoms with Gasteiger partial charge in [-0.3, -0.25) is 0 Å². The van der Waals surface area contributed by atoms with Gasteiger partial charge in [-0.25, -0.2) is 0 Å². The predicted octanol–water partition coefficient (Wildman–Crippen LogP) is 0.565. The molecule has 1 nitrogen and oxygen atoms in total. The quantitative estimate of drug-likeness (QED) is 0.475. The van der Waals surface area contributed by atoms with Crippen LogP contribution in [0.5, 0.6) is 0 Å². The summed E-state index contributed by atoms with van der Waals surface area (Å²) in [6.45, 7) is 15.4. The van der Waals surface area contributed by atoms with Crippen molar-refractivity contribution in [2.45, 2.75) is 6.54 Å². The van der Waals surface area contributed by atoms with Crippen LogP contribution >= 0.6 is 0 Å². The first kappa shape index (κ1) is 16.7. The number of hydrogen-bond acceptors (Lipinski definition) is 0. The SMILES string of the molecule is C=CC[N+](CC=C)(CC=C)Cc1ccccc1.[Cl-]. The number of hydrogen-bond donors (Lipinski definition) is 0. The third kappa shape index (κ3) is 4.91. The zero-order valence-electron chi connectivity index (χ0n) is 10.9. The van der Waals surface area contributed by atoms with Crippen molar-refractivity contribution < 1.29 is 16.9 Å². The Morgan fingerprint density at radius 2 is 1.28 bits per heavy atom. The van der Waals surface area contributed by atoms with Crippen LogP contribution in [0.25, 0.3) is 0 Å². The van der Waals surface area contributed by atoms with Gasteiger partial charge in [0.1, 0.15) is 6.54 Å². The third-order valence-electron chi connectivity index (χ3n) is 2.91. The van der Waals surface area contributed by atoms with Crippen LogP contribution in [0.15, 0.2) is 68.3 Å². The maximum absolute atomic E-state index is 3.87. The predicted molar refractivity (Wildman–Crippen MR) is 75.6 cm³/mol. The van der Waals surface area contributed by atoms with Gasteiger partial charge in [-0.1, -0.05) is 50.1 Å². The van der Waals surface area contributed by atoms with E-state index in [2.05, 4.69) is 44.0 Å². The number of rotatable bonds is 8. The van der Waals surface area contributed by atoms with E-state index in [-0.39, 0.29) is 12.4 Å². The molecule has 98 valence electrons. The van der Waals surface area contributed by atoms with Gasteiger partial charge >= 0.3 is 0 Å². The number of nitrogens with zero attached hydrogens (tertiary/aromatic N) is 1. The molecule has 0 fully saturated rings. The molecule has 0 aliphatic heterocycles. The van der Waals surface area contributed by atoms with Crippen LogP contribution in [0.3, 0.4) is 0 Å². The molecule has 0 unspecified atom stereocenters. The first-order valence-electron chi connectivity index (χ1n) is 5.98. The molecule has 0 amide bonds. The largest absolute Gasteiger partial charge is 1.00 e. The van der Waals surface area contributed by atoms with Crippen molar-refractivity contribution in [1.29, 1.82) is 0 Å². The fraction of sp³-hybridized carbons (Fsp3) is 0.250. The van der Waals surface area contributed by atoms with Crippen LogP contribution < -0.4 is 12.4 Å². The minimum absolute atomic E-state index is 0. The Kier molecular flexibility index (Phi) is 8.10. The molecule has 0 saturated heterocycles.